The number of sulfone groups is 1. The van der Waals surface area contributed by atoms with E-state index in [0.717, 1.165) is 10.5 Å². The molecular weight excluding hydrogens is 342 g/mol. The first-order chi connectivity index (χ1) is 11.5. The van der Waals surface area contributed by atoms with Crippen molar-refractivity contribution in [2.45, 2.75) is 17.7 Å². The van der Waals surface area contributed by atoms with Gasteiger partial charge in [0.2, 0.25) is 5.91 Å². The summed E-state index contributed by atoms with van der Waals surface area (Å²) >= 11 is 1.61. The number of carbonyl (C=O) groups is 1. The van der Waals surface area contributed by atoms with Crippen LogP contribution in [0.2, 0.25) is 0 Å². The summed E-state index contributed by atoms with van der Waals surface area (Å²) in [6.07, 6.45) is 3.18. The number of carbonyl (C=O) groups excluding carboxylic acids is 1. The molecule has 0 fully saturated rings. The molecule has 1 amide bonds. The molecule has 0 saturated heterocycles. The third kappa shape index (κ3) is 6.37. The summed E-state index contributed by atoms with van der Waals surface area (Å²) < 4.78 is 24.1. The molecule has 4 nitrogen and oxygen atoms in total. The lowest BCUT2D eigenvalue weighted by molar-refractivity contribution is -0.113. The molecule has 0 bridgehead atoms. The van der Waals surface area contributed by atoms with Gasteiger partial charge in [0.25, 0.3) is 0 Å². The van der Waals surface area contributed by atoms with Gasteiger partial charge in [0.15, 0.2) is 9.84 Å². The molecular formula is C18H21NO3S2. The molecule has 0 aliphatic heterocycles. The molecule has 6 heteroatoms. The highest BCUT2D eigenvalue weighted by atomic mass is 32.2. The van der Waals surface area contributed by atoms with Crippen molar-refractivity contribution < 1.29 is 13.2 Å². The van der Waals surface area contributed by atoms with Gasteiger partial charge >= 0.3 is 0 Å². The van der Waals surface area contributed by atoms with Crippen LogP contribution in [0.4, 0.5) is 5.69 Å². The van der Waals surface area contributed by atoms with Gasteiger partial charge in [-0.3, -0.25) is 4.79 Å². The fraction of sp³-hybridized carbons (Fsp3) is 0.278. The minimum atomic E-state index is -3.40. The number of amides is 1. The maximum absolute atomic E-state index is 12.1. The number of benzene rings is 2. The van der Waals surface area contributed by atoms with Crippen molar-refractivity contribution in [1.82, 2.24) is 0 Å². The number of aryl methyl sites for hydroxylation is 1. The summed E-state index contributed by atoms with van der Waals surface area (Å²) in [4.78, 5) is 13.0. The summed E-state index contributed by atoms with van der Waals surface area (Å²) in [7, 11) is -3.40. The minimum absolute atomic E-state index is 0.0146. The van der Waals surface area contributed by atoms with Crippen molar-refractivity contribution in [2.75, 3.05) is 23.1 Å². The van der Waals surface area contributed by atoms with Crippen LogP contribution < -0.4 is 5.32 Å². The lowest BCUT2D eigenvalue weighted by Crippen LogP contribution is -2.24. The fourth-order valence-electron chi connectivity index (χ4n) is 2.28. The second-order valence-corrected chi connectivity index (χ2v) is 8.52. The first-order valence-electron chi connectivity index (χ1n) is 7.67. The van der Waals surface area contributed by atoms with Gasteiger partial charge in [0.05, 0.1) is 5.75 Å². The highest BCUT2D eigenvalue weighted by molar-refractivity contribution is 7.98. The second-order valence-electron chi connectivity index (χ2n) is 5.46. The number of thioether (sulfide) groups is 1. The van der Waals surface area contributed by atoms with Crippen LogP contribution in [0, 0.1) is 0 Å². The molecule has 0 aliphatic rings. The Labute approximate surface area is 147 Å². The average Bonchev–Trinajstić information content (AvgIpc) is 2.55. The van der Waals surface area contributed by atoms with Crippen molar-refractivity contribution in [2.24, 2.45) is 0 Å². The quantitative estimate of drug-likeness (QED) is 0.730. The first kappa shape index (κ1) is 18.5. The van der Waals surface area contributed by atoms with Gasteiger partial charge in [-0.25, -0.2) is 8.42 Å². The van der Waals surface area contributed by atoms with E-state index in [2.05, 4.69) is 5.32 Å². The zero-order valence-electron chi connectivity index (χ0n) is 13.6. The summed E-state index contributed by atoms with van der Waals surface area (Å²) in [6, 6.07) is 17.0. The van der Waals surface area contributed by atoms with Gasteiger partial charge in [-0.1, -0.05) is 30.3 Å². The van der Waals surface area contributed by atoms with Crippen LogP contribution in [0.5, 0.6) is 0 Å². The Bertz CT molecular complexity index is 757. The van der Waals surface area contributed by atoms with E-state index in [1.807, 2.05) is 48.7 Å². The van der Waals surface area contributed by atoms with Crippen molar-refractivity contribution in [1.29, 1.82) is 0 Å². The Balaban J connectivity index is 1.80. The number of hydrogen-bond donors (Lipinski definition) is 1. The molecule has 0 unspecified atom stereocenters. The maximum atomic E-state index is 12.1. The van der Waals surface area contributed by atoms with Crippen LogP contribution in [0.15, 0.2) is 59.5 Å². The minimum Gasteiger partial charge on any atom is -0.325 e. The largest absolute Gasteiger partial charge is 0.325 e. The molecule has 128 valence electrons. The average molecular weight is 364 g/mol. The molecule has 2 aromatic rings. The number of rotatable bonds is 8. The smallest absolute Gasteiger partial charge is 0.239 e. The Hall–Kier alpha value is -1.79. The van der Waals surface area contributed by atoms with E-state index in [9.17, 15) is 13.2 Å². The Kier molecular flexibility index (Phi) is 6.87. The Morgan fingerprint density at radius 3 is 2.33 bits per heavy atom. The van der Waals surface area contributed by atoms with Gasteiger partial charge in [-0.15, -0.1) is 11.8 Å². The van der Waals surface area contributed by atoms with Gasteiger partial charge in [-0.05, 0) is 48.9 Å². The van der Waals surface area contributed by atoms with Crippen LogP contribution in [-0.4, -0.2) is 32.1 Å². The molecule has 0 saturated carbocycles. The number of hydrogen-bond acceptors (Lipinski definition) is 4. The van der Waals surface area contributed by atoms with Gasteiger partial charge < -0.3 is 5.32 Å². The predicted octanol–water partition coefficient (Wildman–Crippen LogP) is 3.39. The zero-order valence-corrected chi connectivity index (χ0v) is 15.2. The highest BCUT2D eigenvalue weighted by Gasteiger charge is 2.16. The van der Waals surface area contributed by atoms with Gasteiger partial charge in [0.1, 0.15) is 5.75 Å². The van der Waals surface area contributed by atoms with E-state index in [1.54, 1.807) is 23.9 Å². The van der Waals surface area contributed by atoms with E-state index in [4.69, 9.17) is 0 Å². The van der Waals surface area contributed by atoms with Crippen molar-refractivity contribution in [3.63, 3.8) is 0 Å². The van der Waals surface area contributed by atoms with Gasteiger partial charge in [-0.2, -0.15) is 0 Å². The monoisotopic (exact) mass is 363 g/mol. The van der Waals surface area contributed by atoms with Crippen LogP contribution >= 0.6 is 11.8 Å². The molecule has 2 rings (SSSR count). The Morgan fingerprint density at radius 2 is 1.71 bits per heavy atom. The topological polar surface area (TPSA) is 63.2 Å². The molecule has 24 heavy (non-hydrogen) atoms. The summed E-state index contributed by atoms with van der Waals surface area (Å²) in [5, 5.41) is 2.63. The maximum Gasteiger partial charge on any atom is 0.239 e. The number of nitrogens with one attached hydrogen (secondary N) is 1. The lowest BCUT2D eigenvalue weighted by atomic mass is 10.1. The highest BCUT2D eigenvalue weighted by Crippen LogP contribution is 2.17. The second kappa shape index (κ2) is 8.89. The third-order valence-corrected chi connectivity index (χ3v) is 5.84. The summed E-state index contributed by atoms with van der Waals surface area (Å²) in [5.41, 5.74) is 1.71. The molecule has 0 aromatic heterocycles. The molecule has 2 aromatic carbocycles. The summed E-state index contributed by atoms with van der Waals surface area (Å²) in [5.74, 6) is -0.959. The predicted molar refractivity (Wildman–Crippen MR) is 100 cm³/mol. The van der Waals surface area contributed by atoms with E-state index < -0.39 is 21.5 Å². The van der Waals surface area contributed by atoms with Crippen molar-refractivity contribution in [3.8, 4) is 0 Å². The molecule has 1 N–H and O–H groups in total. The first-order valence-corrected chi connectivity index (χ1v) is 10.7. The van der Waals surface area contributed by atoms with E-state index >= 15 is 0 Å². The van der Waals surface area contributed by atoms with Crippen molar-refractivity contribution in [3.05, 3.63) is 60.2 Å². The van der Waals surface area contributed by atoms with Gasteiger partial charge in [0, 0.05) is 10.6 Å². The van der Waals surface area contributed by atoms with Crippen molar-refractivity contribution >= 4 is 33.2 Å². The standard InChI is InChI=1S/C18H21NO3S2/c1-23-17-11-9-16(10-12-17)19-18(20)14-24(21,22)13-5-8-15-6-3-2-4-7-15/h2-4,6-7,9-12H,5,8,13-14H2,1H3,(H,19,20). The molecule has 0 spiro atoms. The van der Waals surface area contributed by atoms with Crippen LogP contribution in [0.1, 0.15) is 12.0 Å². The fourth-order valence-corrected chi connectivity index (χ4v) is 3.89. The zero-order chi connectivity index (χ0) is 17.4. The normalized spacial score (nSPS) is 11.2. The molecule has 0 atom stereocenters. The Morgan fingerprint density at radius 1 is 1.04 bits per heavy atom. The van der Waals surface area contributed by atoms with Crippen LogP contribution in [0.3, 0.4) is 0 Å². The number of anilines is 1. The molecule has 0 radical (unpaired) electrons. The van der Waals surface area contributed by atoms with E-state index in [1.165, 1.54) is 0 Å². The molecule has 0 heterocycles. The van der Waals surface area contributed by atoms with E-state index in [0.29, 0.717) is 18.5 Å². The lowest BCUT2D eigenvalue weighted by Gasteiger charge is -2.07. The van der Waals surface area contributed by atoms with Crippen LogP contribution in [-0.2, 0) is 21.1 Å². The third-order valence-electron chi connectivity index (χ3n) is 3.49. The molecule has 0 aliphatic carbocycles. The summed E-state index contributed by atoms with van der Waals surface area (Å²) in [6.45, 7) is 0. The SMILES string of the molecule is CSc1ccc(NC(=O)CS(=O)(=O)CCCc2ccccc2)cc1. The van der Waals surface area contributed by atoms with Crippen LogP contribution in [0.25, 0.3) is 0 Å². The van der Waals surface area contributed by atoms with E-state index in [-0.39, 0.29) is 5.75 Å².